The van der Waals surface area contributed by atoms with Crippen molar-refractivity contribution in [2.24, 2.45) is 0 Å². The number of pyridine rings is 1. The largest absolute Gasteiger partial charge is 0.503 e. The van der Waals surface area contributed by atoms with Gasteiger partial charge in [0.2, 0.25) is 5.43 Å². The highest BCUT2D eigenvalue weighted by atomic mass is 16.4. The second kappa shape index (κ2) is 8.34. The van der Waals surface area contributed by atoms with Crippen molar-refractivity contribution < 1.29 is 15.0 Å². The van der Waals surface area contributed by atoms with Crippen LogP contribution < -0.4 is 5.43 Å². The van der Waals surface area contributed by atoms with E-state index in [4.69, 9.17) is 5.11 Å². The van der Waals surface area contributed by atoms with E-state index in [1.165, 1.54) is 18.0 Å². The standard InChI is InChI=1S/C19H23NO4/c1-2-3-5-10-15(14-8-6-4-7-9-14)11-20-12-16(19(23)24)18(22)17(21)13-20/h4,6-9,12-13,15,21H,2-3,5,10-11H2,1H3,(H,23,24). The van der Waals surface area contributed by atoms with Crippen LogP contribution in [0.25, 0.3) is 0 Å². The molecule has 2 N–H and O–H groups in total. The molecule has 0 fully saturated rings. The summed E-state index contributed by atoms with van der Waals surface area (Å²) in [6.07, 6.45) is 6.93. The van der Waals surface area contributed by atoms with E-state index in [1.54, 1.807) is 4.57 Å². The Bertz CT molecular complexity index is 737. The fourth-order valence-corrected chi connectivity index (χ4v) is 2.86. The number of nitrogens with zero attached hydrogens (tertiary/aromatic N) is 1. The van der Waals surface area contributed by atoms with Gasteiger partial charge in [0, 0.05) is 24.9 Å². The Balaban J connectivity index is 2.29. The summed E-state index contributed by atoms with van der Waals surface area (Å²) in [6, 6.07) is 10.0. The highest BCUT2D eigenvalue weighted by Gasteiger charge is 2.16. The number of aromatic hydroxyl groups is 1. The van der Waals surface area contributed by atoms with Crippen LogP contribution in [0.4, 0.5) is 0 Å². The molecule has 1 atom stereocenters. The number of carbonyl (C=O) groups is 1. The van der Waals surface area contributed by atoms with Crippen molar-refractivity contribution >= 4 is 5.97 Å². The van der Waals surface area contributed by atoms with Crippen molar-refractivity contribution in [3.8, 4) is 5.75 Å². The molecule has 0 bridgehead atoms. The first-order valence-corrected chi connectivity index (χ1v) is 8.24. The van der Waals surface area contributed by atoms with Gasteiger partial charge in [-0.2, -0.15) is 0 Å². The molecule has 1 unspecified atom stereocenters. The Morgan fingerprint density at radius 2 is 1.88 bits per heavy atom. The third-order valence-corrected chi connectivity index (χ3v) is 4.15. The molecule has 0 spiro atoms. The number of rotatable bonds is 8. The van der Waals surface area contributed by atoms with Crippen LogP contribution in [-0.4, -0.2) is 20.7 Å². The number of hydrogen-bond donors (Lipinski definition) is 2. The molecule has 0 aliphatic heterocycles. The van der Waals surface area contributed by atoms with Crippen LogP contribution in [0, 0.1) is 0 Å². The number of aromatic nitrogens is 1. The third kappa shape index (κ3) is 4.47. The van der Waals surface area contributed by atoms with Gasteiger partial charge >= 0.3 is 5.97 Å². The average Bonchev–Trinajstić information content (AvgIpc) is 2.57. The normalized spacial score (nSPS) is 12.0. The minimum atomic E-state index is -1.33. The van der Waals surface area contributed by atoms with Gasteiger partial charge in [-0.1, -0.05) is 56.5 Å². The summed E-state index contributed by atoms with van der Waals surface area (Å²) in [6.45, 7) is 2.66. The molecule has 0 aliphatic rings. The summed E-state index contributed by atoms with van der Waals surface area (Å²) in [5.41, 5.74) is -0.0833. The molecule has 1 aromatic carbocycles. The molecule has 2 aromatic rings. The van der Waals surface area contributed by atoms with Crippen LogP contribution >= 0.6 is 0 Å². The number of hydrogen-bond acceptors (Lipinski definition) is 3. The van der Waals surface area contributed by atoms with Gasteiger partial charge in [-0.15, -0.1) is 0 Å². The Hall–Kier alpha value is -2.56. The van der Waals surface area contributed by atoms with Crippen molar-refractivity contribution in [1.82, 2.24) is 4.57 Å². The second-order valence-electron chi connectivity index (χ2n) is 5.99. The fourth-order valence-electron chi connectivity index (χ4n) is 2.86. The molecule has 0 saturated heterocycles. The molecular weight excluding hydrogens is 306 g/mol. The summed E-state index contributed by atoms with van der Waals surface area (Å²) < 4.78 is 1.60. The molecule has 0 radical (unpaired) electrons. The van der Waals surface area contributed by atoms with E-state index in [2.05, 4.69) is 19.1 Å². The highest BCUT2D eigenvalue weighted by Crippen LogP contribution is 2.25. The lowest BCUT2D eigenvalue weighted by Crippen LogP contribution is -2.19. The van der Waals surface area contributed by atoms with Crippen LogP contribution in [0.3, 0.4) is 0 Å². The molecule has 0 amide bonds. The molecule has 0 saturated carbocycles. The van der Waals surface area contributed by atoms with Gasteiger partial charge in [-0.25, -0.2) is 4.79 Å². The summed E-state index contributed by atoms with van der Waals surface area (Å²) in [7, 11) is 0. The van der Waals surface area contributed by atoms with Crippen LogP contribution in [0.2, 0.25) is 0 Å². The van der Waals surface area contributed by atoms with Crippen molar-refractivity contribution in [2.75, 3.05) is 0 Å². The lowest BCUT2D eigenvalue weighted by molar-refractivity contribution is 0.0693. The molecule has 128 valence electrons. The van der Waals surface area contributed by atoms with Crippen molar-refractivity contribution in [3.63, 3.8) is 0 Å². The van der Waals surface area contributed by atoms with Gasteiger partial charge in [-0.05, 0) is 12.0 Å². The Kier molecular flexibility index (Phi) is 6.18. The van der Waals surface area contributed by atoms with Gasteiger partial charge < -0.3 is 14.8 Å². The number of benzene rings is 1. The van der Waals surface area contributed by atoms with Crippen LogP contribution in [0.5, 0.6) is 5.75 Å². The Morgan fingerprint density at radius 3 is 2.50 bits per heavy atom. The van der Waals surface area contributed by atoms with E-state index < -0.39 is 22.7 Å². The van der Waals surface area contributed by atoms with Gasteiger partial charge in [0.05, 0.1) is 0 Å². The monoisotopic (exact) mass is 329 g/mol. The summed E-state index contributed by atoms with van der Waals surface area (Å²) in [4.78, 5) is 22.9. The molecule has 2 rings (SSSR count). The SMILES string of the molecule is CCCCCC(Cn1cc(O)c(=O)c(C(=O)O)c1)c1ccccc1. The van der Waals surface area contributed by atoms with Gasteiger partial charge in [0.15, 0.2) is 5.75 Å². The topological polar surface area (TPSA) is 79.5 Å². The molecule has 1 heterocycles. The molecule has 5 heteroatoms. The predicted octanol–water partition coefficient (Wildman–Crippen LogP) is 3.62. The zero-order valence-electron chi connectivity index (χ0n) is 13.8. The minimum Gasteiger partial charge on any atom is -0.503 e. The number of aromatic carboxylic acids is 1. The van der Waals surface area contributed by atoms with E-state index in [9.17, 15) is 14.7 Å². The summed E-state index contributed by atoms with van der Waals surface area (Å²) >= 11 is 0. The lowest BCUT2D eigenvalue weighted by Gasteiger charge is -2.19. The van der Waals surface area contributed by atoms with Crippen LogP contribution in [0.15, 0.2) is 47.5 Å². The zero-order valence-corrected chi connectivity index (χ0v) is 13.8. The molecular formula is C19H23NO4. The van der Waals surface area contributed by atoms with Crippen LogP contribution in [-0.2, 0) is 6.54 Å². The zero-order chi connectivity index (χ0) is 17.5. The van der Waals surface area contributed by atoms with Gasteiger partial charge in [-0.3, -0.25) is 4.79 Å². The maximum atomic E-state index is 11.7. The number of carboxylic acid groups (broad SMARTS) is 1. The number of carboxylic acids is 1. The van der Waals surface area contributed by atoms with E-state index in [-0.39, 0.29) is 5.92 Å². The van der Waals surface area contributed by atoms with Gasteiger partial charge in [0.25, 0.3) is 0 Å². The lowest BCUT2D eigenvalue weighted by atomic mass is 9.93. The molecule has 5 nitrogen and oxygen atoms in total. The molecule has 0 aliphatic carbocycles. The first-order chi connectivity index (χ1) is 11.5. The average molecular weight is 329 g/mol. The van der Waals surface area contributed by atoms with E-state index in [0.29, 0.717) is 6.54 Å². The maximum Gasteiger partial charge on any atom is 0.341 e. The third-order valence-electron chi connectivity index (χ3n) is 4.15. The predicted molar refractivity (Wildman–Crippen MR) is 92.7 cm³/mol. The molecule has 1 aromatic heterocycles. The van der Waals surface area contributed by atoms with Gasteiger partial charge in [0.1, 0.15) is 5.56 Å². The Labute approximate surface area is 141 Å². The maximum absolute atomic E-state index is 11.7. The molecule has 24 heavy (non-hydrogen) atoms. The second-order valence-corrected chi connectivity index (χ2v) is 5.99. The number of unbranched alkanes of at least 4 members (excludes halogenated alkanes) is 2. The van der Waals surface area contributed by atoms with E-state index in [0.717, 1.165) is 25.7 Å². The van der Waals surface area contributed by atoms with Crippen molar-refractivity contribution in [1.29, 1.82) is 0 Å². The van der Waals surface area contributed by atoms with Crippen molar-refractivity contribution in [3.05, 3.63) is 64.1 Å². The van der Waals surface area contributed by atoms with Crippen molar-refractivity contribution in [2.45, 2.75) is 45.1 Å². The highest BCUT2D eigenvalue weighted by molar-refractivity contribution is 5.87. The van der Waals surface area contributed by atoms with E-state index >= 15 is 0 Å². The summed E-state index contributed by atoms with van der Waals surface area (Å²) in [5, 5.41) is 18.8. The Morgan fingerprint density at radius 1 is 1.17 bits per heavy atom. The van der Waals surface area contributed by atoms with E-state index in [1.807, 2.05) is 18.2 Å². The summed E-state index contributed by atoms with van der Waals surface area (Å²) in [5.74, 6) is -1.66. The smallest absolute Gasteiger partial charge is 0.341 e. The van der Waals surface area contributed by atoms with Crippen LogP contribution in [0.1, 0.15) is 54.4 Å². The first-order valence-electron chi connectivity index (χ1n) is 8.24. The first kappa shape index (κ1) is 17.8. The fraction of sp³-hybridized carbons (Fsp3) is 0.368. The minimum absolute atomic E-state index is 0.196. The quantitative estimate of drug-likeness (QED) is 0.725.